The smallest absolute Gasteiger partial charge is 0.394 e. The van der Waals surface area contributed by atoms with Crippen molar-refractivity contribution < 1.29 is 19.5 Å². The van der Waals surface area contributed by atoms with Crippen molar-refractivity contribution in [2.24, 2.45) is 0 Å². The van der Waals surface area contributed by atoms with Gasteiger partial charge in [-0.15, -0.1) is 12.4 Å². The summed E-state index contributed by atoms with van der Waals surface area (Å²) >= 11 is 0. The van der Waals surface area contributed by atoms with Gasteiger partial charge in [0.05, 0.1) is 0 Å². The van der Waals surface area contributed by atoms with Crippen LogP contribution in [0.5, 0.6) is 0 Å². The molecule has 0 amide bonds. The van der Waals surface area contributed by atoms with E-state index >= 15 is 0 Å². The molecule has 0 aliphatic carbocycles. The molecule has 0 spiro atoms. The summed E-state index contributed by atoms with van der Waals surface area (Å²) in [7, 11) is 0. The molecule has 3 heteroatoms. The van der Waals surface area contributed by atoms with Gasteiger partial charge in [0.2, 0.25) is 0 Å². The Bertz CT molecular complexity index is 96.9. The van der Waals surface area contributed by atoms with Crippen LogP contribution in [0.4, 0.5) is 0 Å². The summed E-state index contributed by atoms with van der Waals surface area (Å²) in [4.78, 5) is 3.66. The number of halogens is 1. The normalized spacial score (nSPS) is 6.00. The maximum atomic E-state index is 3.66. The molecule has 1 heterocycles. The third-order valence-corrected chi connectivity index (χ3v) is 0.517. The maximum absolute atomic E-state index is 3.66. The SMILES string of the molecule is C[CH-]C.Cl.[Zn+2].[c-]1ccccn1. The molecule has 58 valence electrons. The largest absolute Gasteiger partial charge is 2.00 e. The third kappa shape index (κ3) is 17.8. The van der Waals surface area contributed by atoms with E-state index in [0.717, 1.165) is 0 Å². The Morgan fingerprint density at radius 1 is 1.27 bits per heavy atom. The first-order chi connectivity index (χ1) is 4.41. The van der Waals surface area contributed by atoms with Crippen LogP contribution in [0.2, 0.25) is 0 Å². The molecule has 0 aromatic carbocycles. The van der Waals surface area contributed by atoms with Crippen LogP contribution in [0, 0.1) is 12.6 Å². The zero-order valence-electron chi connectivity index (χ0n) is 6.95. The summed E-state index contributed by atoms with van der Waals surface area (Å²) in [5.74, 6) is 0. The first-order valence-electron chi connectivity index (χ1n) is 2.93. The third-order valence-electron chi connectivity index (χ3n) is 0.517. The van der Waals surface area contributed by atoms with Gasteiger partial charge in [-0.3, -0.25) is 0 Å². The van der Waals surface area contributed by atoms with Crippen LogP contribution in [-0.4, -0.2) is 4.98 Å². The van der Waals surface area contributed by atoms with Crippen LogP contribution in [0.1, 0.15) is 13.8 Å². The molecule has 0 N–H and O–H groups in total. The molecule has 0 radical (unpaired) electrons. The molecule has 1 aromatic rings. The van der Waals surface area contributed by atoms with Gasteiger partial charge in [0.15, 0.2) is 0 Å². The average molecular weight is 223 g/mol. The van der Waals surface area contributed by atoms with Crippen molar-refractivity contribution in [1.29, 1.82) is 0 Å². The van der Waals surface area contributed by atoms with E-state index in [4.69, 9.17) is 0 Å². The second-order valence-electron chi connectivity index (χ2n) is 1.54. The van der Waals surface area contributed by atoms with E-state index in [1.807, 2.05) is 32.4 Å². The molecule has 0 fully saturated rings. The minimum absolute atomic E-state index is 0. The molecule has 0 saturated heterocycles. The van der Waals surface area contributed by atoms with Gasteiger partial charge in [0, 0.05) is 0 Å². The van der Waals surface area contributed by atoms with Crippen LogP contribution in [0.3, 0.4) is 0 Å². The van der Waals surface area contributed by atoms with Gasteiger partial charge in [0.25, 0.3) is 0 Å². The zero-order chi connectivity index (χ0) is 6.95. The van der Waals surface area contributed by atoms with Crippen LogP contribution in [0.15, 0.2) is 24.4 Å². The van der Waals surface area contributed by atoms with Crippen LogP contribution < -0.4 is 0 Å². The minimum atomic E-state index is 0. The quantitative estimate of drug-likeness (QED) is 0.486. The van der Waals surface area contributed by atoms with Crippen LogP contribution in [0.25, 0.3) is 0 Å². The summed E-state index contributed by atoms with van der Waals surface area (Å²) < 4.78 is 0. The first kappa shape index (κ1) is 17.2. The second-order valence-corrected chi connectivity index (χ2v) is 1.54. The summed E-state index contributed by atoms with van der Waals surface area (Å²) in [6.07, 6.45) is 6.34. The van der Waals surface area contributed by atoms with Crippen molar-refractivity contribution in [1.82, 2.24) is 4.98 Å². The molecule has 1 aromatic heterocycles. The average Bonchev–Trinajstić information content (AvgIpc) is 1.93. The van der Waals surface area contributed by atoms with Crippen molar-refractivity contribution in [3.05, 3.63) is 37.0 Å². The van der Waals surface area contributed by atoms with Crippen molar-refractivity contribution in [3.63, 3.8) is 0 Å². The Kier molecular flexibility index (Phi) is 26.0. The van der Waals surface area contributed by atoms with E-state index < -0.39 is 0 Å². The van der Waals surface area contributed by atoms with E-state index in [1.165, 1.54) is 0 Å². The monoisotopic (exact) mass is 221 g/mol. The molecular weight excluding hydrogens is 211 g/mol. The fourth-order valence-corrected chi connectivity index (χ4v) is 0.277. The van der Waals surface area contributed by atoms with Gasteiger partial charge in [-0.25, -0.2) is 0 Å². The fraction of sp³-hybridized carbons (Fsp3) is 0.250. The summed E-state index contributed by atoms with van der Waals surface area (Å²) in [5.41, 5.74) is 0. The summed E-state index contributed by atoms with van der Waals surface area (Å²) in [6.45, 7) is 4.00. The molecule has 0 aliphatic heterocycles. The number of aromatic nitrogens is 1. The number of hydrogen-bond acceptors (Lipinski definition) is 1. The molecule has 0 atom stereocenters. The number of nitrogens with zero attached hydrogens (tertiary/aromatic N) is 1. The molecule has 0 aliphatic rings. The summed E-state index contributed by atoms with van der Waals surface area (Å²) in [6, 6.07) is 5.50. The van der Waals surface area contributed by atoms with E-state index in [1.54, 1.807) is 12.3 Å². The fourth-order valence-electron chi connectivity index (χ4n) is 0.277. The van der Waals surface area contributed by atoms with Gasteiger partial charge in [-0.1, -0.05) is 12.4 Å². The van der Waals surface area contributed by atoms with E-state index in [2.05, 4.69) is 11.2 Å². The first-order valence-corrected chi connectivity index (χ1v) is 2.93. The zero-order valence-corrected chi connectivity index (χ0v) is 10.7. The Balaban J connectivity index is -0.000000116. The molecule has 0 bridgehead atoms. The van der Waals surface area contributed by atoms with E-state index in [-0.39, 0.29) is 31.9 Å². The van der Waals surface area contributed by atoms with Gasteiger partial charge in [0.1, 0.15) is 0 Å². The molecule has 0 unspecified atom stereocenters. The molecular formula is C8H12ClNZn. The predicted molar refractivity (Wildman–Crippen MR) is 46.0 cm³/mol. The molecule has 11 heavy (non-hydrogen) atoms. The Labute approximate surface area is 87.8 Å². The second kappa shape index (κ2) is 16.6. The van der Waals surface area contributed by atoms with Crippen molar-refractivity contribution in [3.8, 4) is 0 Å². The van der Waals surface area contributed by atoms with E-state index in [9.17, 15) is 0 Å². The van der Waals surface area contributed by atoms with Gasteiger partial charge in [-0.2, -0.15) is 32.0 Å². The Hall–Kier alpha value is 0.0634. The van der Waals surface area contributed by atoms with Crippen molar-refractivity contribution >= 4 is 12.4 Å². The minimum Gasteiger partial charge on any atom is -0.394 e. The number of pyridine rings is 1. The van der Waals surface area contributed by atoms with Crippen molar-refractivity contribution in [2.45, 2.75) is 13.8 Å². The topological polar surface area (TPSA) is 12.9 Å². The Morgan fingerprint density at radius 2 is 1.82 bits per heavy atom. The summed E-state index contributed by atoms with van der Waals surface area (Å²) in [5, 5.41) is 0. The van der Waals surface area contributed by atoms with Gasteiger partial charge >= 0.3 is 19.5 Å². The van der Waals surface area contributed by atoms with Gasteiger partial charge in [-0.05, 0) is 0 Å². The standard InChI is InChI=1S/C5H4N.C3H7.ClH.Zn/c1-2-4-6-5-3-1;1-3-2;;/h1-4H;3H,1-2H3;1H;/q2*-1;;+2. The predicted octanol–water partition coefficient (Wildman–Crippen LogP) is 2.53. The molecule has 0 saturated carbocycles. The van der Waals surface area contributed by atoms with Crippen LogP contribution in [-0.2, 0) is 19.5 Å². The Morgan fingerprint density at radius 3 is 1.91 bits per heavy atom. The molecule has 1 nitrogen and oxygen atoms in total. The number of hydrogen-bond donors (Lipinski definition) is 0. The van der Waals surface area contributed by atoms with Crippen LogP contribution >= 0.6 is 12.4 Å². The maximum Gasteiger partial charge on any atom is 2.00 e. The number of rotatable bonds is 0. The molecule has 1 rings (SSSR count). The van der Waals surface area contributed by atoms with E-state index in [0.29, 0.717) is 0 Å². The van der Waals surface area contributed by atoms with Crippen molar-refractivity contribution in [2.75, 3.05) is 0 Å². The van der Waals surface area contributed by atoms with Gasteiger partial charge < -0.3 is 11.4 Å².